The standard InChI is InChI=1S/C29H34ClN5O/c1-33-12-4-7-22(33)18-36-29-31-25-17-34(26-9-3-6-19-5-2-8-24(30)27(19)26)14-11-23(25)28(32-29)35-13-10-20-15-21(20)16-35/h2-3,5-6,8-9,20-22H,4,7,10-18H2,1H3/t20-,21+,22+/m1/s1. The lowest BCUT2D eigenvalue weighted by atomic mass is 10.0. The molecule has 1 saturated carbocycles. The maximum atomic E-state index is 6.68. The molecule has 4 heterocycles. The first-order valence-corrected chi connectivity index (χ1v) is 13.9. The normalized spacial score (nSPS) is 25.7. The molecule has 36 heavy (non-hydrogen) atoms. The predicted octanol–water partition coefficient (Wildman–Crippen LogP) is 5.17. The molecule has 3 fully saturated rings. The van der Waals surface area contributed by atoms with Gasteiger partial charge in [-0.05, 0) is 75.1 Å². The summed E-state index contributed by atoms with van der Waals surface area (Å²) in [5.41, 5.74) is 3.59. The first-order chi connectivity index (χ1) is 17.6. The fraction of sp³-hybridized carbons (Fsp3) is 0.517. The highest BCUT2D eigenvalue weighted by Gasteiger charge is 2.42. The Morgan fingerprint density at radius 2 is 1.89 bits per heavy atom. The Bertz CT molecular complexity index is 1290. The van der Waals surface area contributed by atoms with Gasteiger partial charge in [0.05, 0.1) is 17.3 Å². The van der Waals surface area contributed by atoms with Crippen LogP contribution < -0.4 is 14.5 Å². The first kappa shape index (κ1) is 22.6. The van der Waals surface area contributed by atoms with E-state index in [4.69, 9.17) is 26.3 Å². The van der Waals surface area contributed by atoms with Crippen molar-refractivity contribution in [1.82, 2.24) is 14.9 Å². The van der Waals surface area contributed by atoms with Crippen LogP contribution in [0.2, 0.25) is 5.02 Å². The van der Waals surface area contributed by atoms with E-state index in [1.165, 1.54) is 42.3 Å². The predicted molar refractivity (Wildman–Crippen MR) is 145 cm³/mol. The number of benzene rings is 2. The summed E-state index contributed by atoms with van der Waals surface area (Å²) in [6.07, 6.45) is 6.02. The number of halogens is 1. The van der Waals surface area contributed by atoms with Crippen LogP contribution in [0, 0.1) is 11.8 Å². The third-order valence-electron chi connectivity index (χ3n) is 8.86. The van der Waals surface area contributed by atoms with E-state index in [2.05, 4.69) is 46.0 Å². The first-order valence-electron chi connectivity index (χ1n) is 13.5. The van der Waals surface area contributed by atoms with Crippen molar-refractivity contribution >= 4 is 33.9 Å². The van der Waals surface area contributed by atoms with Crippen LogP contribution >= 0.6 is 11.6 Å². The van der Waals surface area contributed by atoms with E-state index in [9.17, 15) is 0 Å². The molecule has 0 radical (unpaired) electrons. The molecule has 3 aromatic rings. The Labute approximate surface area is 218 Å². The van der Waals surface area contributed by atoms with Gasteiger partial charge in [-0.2, -0.15) is 9.97 Å². The van der Waals surface area contributed by atoms with Crippen LogP contribution in [0.4, 0.5) is 11.5 Å². The molecule has 0 N–H and O–H groups in total. The van der Waals surface area contributed by atoms with E-state index in [1.807, 2.05) is 12.1 Å². The van der Waals surface area contributed by atoms with E-state index >= 15 is 0 Å². The number of hydrogen-bond acceptors (Lipinski definition) is 6. The van der Waals surface area contributed by atoms with Gasteiger partial charge in [0.1, 0.15) is 12.4 Å². The van der Waals surface area contributed by atoms with E-state index in [0.29, 0.717) is 18.7 Å². The van der Waals surface area contributed by atoms with E-state index in [0.717, 1.165) is 72.9 Å². The Morgan fingerprint density at radius 3 is 2.72 bits per heavy atom. The lowest BCUT2D eigenvalue weighted by Crippen LogP contribution is -2.37. The Kier molecular flexibility index (Phi) is 5.70. The van der Waals surface area contributed by atoms with Crippen LogP contribution in [0.25, 0.3) is 10.8 Å². The van der Waals surface area contributed by atoms with Gasteiger partial charge in [-0.25, -0.2) is 0 Å². The molecule has 2 aromatic carbocycles. The smallest absolute Gasteiger partial charge is 0.318 e. The number of piperidine rings is 1. The fourth-order valence-corrected chi connectivity index (χ4v) is 6.88. The van der Waals surface area contributed by atoms with Gasteiger partial charge in [-0.1, -0.05) is 35.9 Å². The van der Waals surface area contributed by atoms with Crippen molar-refractivity contribution < 1.29 is 4.74 Å². The van der Waals surface area contributed by atoms with Crippen molar-refractivity contribution in [3.05, 3.63) is 52.7 Å². The number of hydrogen-bond donors (Lipinski definition) is 0. The quantitative estimate of drug-likeness (QED) is 0.479. The Hall–Kier alpha value is -2.57. The highest BCUT2D eigenvalue weighted by Crippen LogP contribution is 2.46. The maximum absolute atomic E-state index is 6.68. The van der Waals surface area contributed by atoms with Crippen molar-refractivity contribution in [1.29, 1.82) is 0 Å². The topological polar surface area (TPSA) is 44.7 Å². The number of nitrogens with zero attached hydrogens (tertiary/aromatic N) is 5. The average Bonchev–Trinajstić information content (AvgIpc) is 3.57. The largest absolute Gasteiger partial charge is 0.462 e. The second-order valence-electron chi connectivity index (χ2n) is 11.1. The summed E-state index contributed by atoms with van der Waals surface area (Å²) in [4.78, 5) is 17.4. The minimum absolute atomic E-state index is 0.449. The van der Waals surface area contributed by atoms with Gasteiger partial charge in [0.25, 0.3) is 0 Å². The number of aromatic nitrogens is 2. The molecule has 7 rings (SSSR count). The molecule has 0 spiro atoms. The molecule has 1 aliphatic carbocycles. The van der Waals surface area contributed by atoms with E-state index in [1.54, 1.807) is 0 Å². The minimum Gasteiger partial charge on any atom is -0.462 e. The zero-order valence-electron chi connectivity index (χ0n) is 21.0. The van der Waals surface area contributed by atoms with Gasteiger partial charge in [-0.3, -0.25) is 0 Å². The van der Waals surface area contributed by atoms with Gasteiger partial charge in [0.2, 0.25) is 0 Å². The lowest BCUT2D eigenvalue weighted by molar-refractivity contribution is 0.187. The molecule has 4 aliphatic rings. The Morgan fingerprint density at radius 1 is 1.00 bits per heavy atom. The molecular weight excluding hydrogens is 470 g/mol. The molecule has 3 aliphatic heterocycles. The molecule has 0 amide bonds. The highest BCUT2D eigenvalue weighted by molar-refractivity contribution is 6.36. The monoisotopic (exact) mass is 503 g/mol. The van der Waals surface area contributed by atoms with Crippen molar-refractivity contribution in [3.8, 4) is 6.01 Å². The Balaban J connectivity index is 1.22. The molecule has 188 valence electrons. The third-order valence-corrected chi connectivity index (χ3v) is 9.18. The van der Waals surface area contributed by atoms with Gasteiger partial charge in [0, 0.05) is 42.3 Å². The number of ether oxygens (including phenoxy) is 1. The summed E-state index contributed by atoms with van der Waals surface area (Å²) in [5.74, 6) is 2.91. The fourth-order valence-electron chi connectivity index (χ4n) is 6.60. The summed E-state index contributed by atoms with van der Waals surface area (Å²) in [5, 5.41) is 3.09. The minimum atomic E-state index is 0.449. The maximum Gasteiger partial charge on any atom is 0.318 e. The van der Waals surface area contributed by atoms with Crippen LogP contribution in [0.5, 0.6) is 6.01 Å². The van der Waals surface area contributed by atoms with E-state index in [-0.39, 0.29) is 0 Å². The lowest BCUT2D eigenvalue weighted by Gasteiger charge is -2.35. The van der Waals surface area contributed by atoms with Crippen LogP contribution in [-0.4, -0.2) is 60.7 Å². The molecule has 7 heteroatoms. The average molecular weight is 504 g/mol. The summed E-state index contributed by atoms with van der Waals surface area (Å²) in [6, 6.07) is 13.6. The molecule has 0 unspecified atom stereocenters. The third kappa shape index (κ3) is 4.08. The molecule has 1 aromatic heterocycles. The molecule has 0 bridgehead atoms. The summed E-state index contributed by atoms with van der Waals surface area (Å²) >= 11 is 6.68. The second kappa shape index (κ2) is 9.07. The van der Waals surface area contributed by atoms with Crippen molar-refractivity contribution in [2.45, 2.75) is 44.7 Å². The number of rotatable bonds is 5. The molecule has 6 nitrogen and oxygen atoms in total. The number of likely N-dealkylation sites (N-methyl/N-ethyl adjacent to an activating group) is 1. The van der Waals surface area contributed by atoms with Gasteiger partial charge < -0.3 is 19.4 Å². The summed E-state index contributed by atoms with van der Waals surface area (Å²) in [6.45, 7) is 5.69. The molecule has 3 atom stereocenters. The zero-order chi connectivity index (χ0) is 24.2. The number of anilines is 2. The van der Waals surface area contributed by atoms with Crippen molar-refractivity contribution in [3.63, 3.8) is 0 Å². The number of likely N-dealkylation sites (tertiary alicyclic amines) is 1. The zero-order valence-corrected chi connectivity index (χ0v) is 21.8. The second-order valence-corrected chi connectivity index (χ2v) is 11.5. The number of fused-ring (bicyclic) bond motifs is 3. The van der Waals surface area contributed by atoms with E-state index < -0.39 is 0 Å². The van der Waals surface area contributed by atoms with Crippen LogP contribution in [-0.2, 0) is 13.0 Å². The summed E-state index contributed by atoms with van der Waals surface area (Å²) in [7, 11) is 2.19. The summed E-state index contributed by atoms with van der Waals surface area (Å²) < 4.78 is 6.30. The molecular formula is C29H34ClN5O. The van der Waals surface area contributed by atoms with Gasteiger partial charge in [-0.15, -0.1) is 0 Å². The van der Waals surface area contributed by atoms with Gasteiger partial charge >= 0.3 is 6.01 Å². The van der Waals surface area contributed by atoms with Crippen LogP contribution in [0.1, 0.15) is 36.9 Å². The van der Waals surface area contributed by atoms with Crippen LogP contribution in [0.3, 0.4) is 0 Å². The van der Waals surface area contributed by atoms with Crippen LogP contribution in [0.15, 0.2) is 36.4 Å². The van der Waals surface area contributed by atoms with Gasteiger partial charge in [0.15, 0.2) is 0 Å². The highest BCUT2D eigenvalue weighted by atomic mass is 35.5. The van der Waals surface area contributed by atoms with Crippen molar-refractivity contribution in [2.24, 2.45) is 11.8 Å². The SMILES string of the molecule is CN1CCC[C@H]1COc1nc2c(c(N3CC[C@@H]4C[C@H]4C3)n1)CCN(c1cccc3cccc(Cl)c13)C2. The molecule has 2 saturated heterocycles. The van der Waals surface area contributed by atoms with Crippen molar-refractivity contribution in [2.75, 3.05) is 49.6 Å².